The van der Waals surface area contributed by atoms with Crippen molar-refractivity contribution in [2.45, 2.75) is 6.92 Å². The number of hydrogen-bond donors (Lipinski definition) is 2. The Hall–Kier alpha value is -1.51. The zero-order chi connectivity index (χ0) is 9.14. The van der Waals surface area contributed by atoms with E-state index in [4.69, 9.17) is 11.1 Å². The maximum absolute atomic E-state index is 7.20. The summed E-state index contributed by atoms with van der Waals surface area (Å²) in [5, 5.41) is 7.20. The number of hydrogen-bond acceptors (Lipinski definition) is 1. The van der Waals surface area contributed by atoms with Crippen molar-refractivity contribution in [3.8, 4) is 0 Å². The first-order chi connectivity index (χ1) is 5.61. The molecule has 1 aromatic carbocycles. The second-order valence-corrected chi connectivity index (χ2v) is 2.78. The van der Waals surface area contributed by atoms with Crippen LogP contribution in [-0.2, 0) is 0 Å². The molecule has 0 atom stereocenters. The summed E-state index contributed by atoms with van der Waals surface area (Å²) in [6, 6.07) is 7.87. The molecule has 0 aliphatic heterocycles. The lowest BCUT2D eigenvalue weighted by atomic mass is 10.2. The third-order valence-corrected chi connectivity index (χ3v) is 1.78. The van der Waals surface area contributed by atoms with Gasteiger partial charge in [-0.1, -0.05) is 17.7 Å². The van der Waals surface area contributed by atoms with Gasteiger partial charge in [-0.25, -0.2) is 0 Å². The van der Waals surface area contributed by atoms with Gasteiger partial charge in [0.2, 0.25) is 0 Å². The third kappa shape index (κ3) is 1.75. The smallest absolute Gasteiger partial charge is 0.192 e. The number of guanidine groups is 1. The number of nitrogens with two attached hydrogens (primary N) is 1. The summed E-state index contributed by atoms with van der Waals surface area (Å²) in [4.78, 5) is 1.62. The fourth-order valence-corrected chi connectivity index (χ4v) is 0.907. The van der Waals surface area contributed by atoms with Gasteiger partial charge in [-0.3, -0.25) is 5.41 Å². The molecule has 3 N–H and O–H groups in total. The van der Waals surface area contributed by atoms with Crippen LogP contribution in [0, 0.1) is 12.3 Å². The third-order valence-electron chi connectivity index (χ3n) is 1.78. The highest BCUT2D eigenvalue weighted by atomic mass is 15.2. The molecule has 3 heteroatoms. The van der Waals surface area contributed by atoms with E-state index < -0.39 is 0 Å². The fraction of sp³-hybridized carbons (Fsp3) is 0.222. The Kier molecular flexibility index (Phi) is 2.33. The van der Waals surface area contributed by atoms with E-state index in [0.717, 1.165) is 5.69 Å². The number of nitrogens with one attached hydrogen (secondary N) is 1. The van der Waals surface area contributed by atoms with Crippen molar-refractivity contribution >= 4 is 11.6 Å². The minimum Gasteiger partial charge on any atom is -0.370 e. The highest BCUT2D eigenvalue weighted by Gasteiger charge is 2.00. The molecule has 0 aromatic heterocycles. The van der Waals surface area contributed by atoms with Gasteiger partial charge in [0.15, 0.2) is 5.96 Å². The van der Waals surface area contributed by atoms with Gasteiger partial charge in [0.05, 0.1) is 0 Å². The molecule has 0 aliphatic carbocycles. The lowest BCUT2D eigenvalue weighted by Crippen LogP contribution is -2.32. The Labute approximate surface area is 72.3 Å². The van der Waals surface area contributed by atoms with E-state index in [0.29, 0.717) is 0 Å². The maximum atomic E-state index is 7.20. The van der Waals surface area contributed by atoms with Gasteiger partial charge in [0.25, 0.3) is 0 Å². The topological polar surface area (TPSA) is 53.1 Å². The van der Waals surface area contributed by atoms with Crippen LogP contribution in [0.5, 0.6) is 0 Å². The number of benzene rings is 1. The molecule has 0 saturated carbocycles. The average Bonchev–Trinajstić information content (AvgIpc) is 2.04. The number of nitrogens with zero attached hydrogens (tertiary/aromatic N) is 1. The summed E-state index contributed by atoms with van der Waals surface area (Å²) in [7, 11) is 1.77. The molecule has 64 valence electrons. The van der Waals surface area contributed by atoms with Crippen molar-refractivity contribution in [2.75, 3.05) is 11.9 Å². The molecule has 1 aromatic rings. The minimum absolute atomic E-state index is 0.0545. The van der Waals surface area contributed by atoms with Crippen LogP contribution in [0.4, 0.5) is 5.69 Å². The molecular weight excluding hydrogens is 150 g/mol. The summed E-state index contributed by atoms with van der Waals surface area (Å²) in [6.45, 7) is 2.03. The quantitative estimate of drug-likeness (QED) is 0.484. The molecule has 0 heterocycles. The molecule has 0 aliphatic rings. The van der Waals surface area contributed by atoms with E-state index >= 15 is 0 Å². The van der Waals surface area contributed by atoms with E-state index in [1.54, 1.807) is 11.9 Å². The van der Waals surface area contributed by atoms with Crippen LogP contribution >= 0.6 is 0 Å². The van der Waals surface area contributed by atoms with Crippen LogP contribution < -0.4 is 10.6 Å². The molecular formula is C9H13N3. The Morgan fingerprint density at radius 1 is 1.33 bits per heavy atom. The lowest BCUT2D eigenvalue weighted by Gasteiger charge is -2.16. The van der Waals surface area contributed by atoms with Crippen LogP contribution in [0.25, 0.3) is 0 Å². The van der Waals surface area contributed by atoms with Crippen molar-refractivity contribution in [3.63, 3.8) is 0 Å². The van der Waals surface area contributed by atoms with Crippen molar-refractivity contribution in [1.29, 1.82) is 5.41 Å². The summed E-state index contributed by atoms with van der Waals surface area (Å²) < 4.78 is 0. The molecule has 0 bridgehead atoms. The Balaban J connectivity index is 2.89. The average molecular weight is 163 g/mol. The molecule has 0 radical (unpaired) electrons. The number of rotatable bonds is 1. The van der Waals surface area contributed by atoms with Gasteiger partial charge in [0.1, 0.15) is 0 Å². The SMILES string of the molecule is Cc1ccc(N(C)C(=N)N)cc1. The van der Waals surface area contributed by atoms with Gasteiger partial charge < -0.3 is 10.6 Å². The molecule has 0 saturated heterocycles. The van der Waals surface area contributed by atoms with E-state index in [2.05, 4.69) is 0 Å². The van der Waals surface area contributed by atoms with Gasteiger partial charge >= 0.3 is 0 Å². The molecule has 0 fully saturated rings. The van der Waals surface area contributed by atoms with Crippen molar-refractivity contribution < 1.29 is 0 Å². The summed E-state index contributed by atoms with van der Waals surface area (Å²) >= 11 is 0. The highest BCUT2D eigenvalue weighted by molar-refractivity contribution is 5.91. The second kappa shape index (κ2) is 3.26. The predicted octanol–water partition coefficient (Wildman–Crippen LogP) is 1.32. The Morgan fingerprint density at radius 2 is 1.83 bits per heavy atom. The normalized spacial score (nSPS) is 9.50. The largest absolute Gasteiger partial charge is 0.370 e. The first-order valence-corrected chi connectivity index (χ1v) is 3.75. The van der Waals surface area contributed by atoms with Crippen molar-refractivity contribution in [1.82, 2.24) is 0 Å². The monoisotopic (exact) mass is 163 g/mol. The zero-order valence-corrected chi connectivity index (χ0v) is 7.33. The number of anilines is 1. The Bertz CT molecular complexity index is 276. The molecule has 1 rings (SSSR count). The first-order valence-electron chi connectivity index (χ1n) is 3.75. The van der Waals surface area contributed by atoms with Gasteiger partial charge in [-0.2, -0.15) is 0 Å². The maximum Gasteiger partial charge on any atom is 0.192 e. The summed E-state index contributed by atoms with van der Waals surface area (Å²) in [6.07, 6.45) is 0. The molecule has 0 unspecified atom stereocenters. The second-order valence-electron chi connectivity index (χ2n) is 2.78. The molecule has 12 heavy (non-hydrogen) atoms. The zero-order valence-electron chi connectivity index (χ0n) is 7.33. The summed E-state index contributed by atoms with van der Waals surface area (Å²) in [5.74, 6) is 0.0545. The number of aryl methyl sites for hydroxylation is 1. The predicted molar refractivity (Wildman–Crippen MR) is 51.5 cm³/mol. The standard InChI is InChI=1S/C9H13N3/c1-7-3-5-8(6-4-7)12(2)9(10)11/h3-6H,1-2H3,(H3,10,11). The van der Waals surface area contributed by atoms with E-state index in [-0.39, 0.29) is 5.96 Å². The summed E-state index contributed by atoms with van der Waals surface area (Å²) in [5.41, 5.74) is 7.46. The lowest BCUT2D eigenvalue weighted by molar-refractivity contribution is 1.19. The van der Waals surface area contributed by atoms with Crippen LogP contribution in [-0.4, -0.2) is 13.0 Å². The molecule has 3 nitrogen and oxygen atoms in total. The van der Waals surface area contributed by atoms with Gasteiger partial charge in [0, 0.05) is 12.7 Å². The van der Waals surface area contributed by atoms with E-state index in [1.807, 2.05) is 31.2 Å². The molecule has 0 amide bonds. The van der Waals surface area contributed by atoms with E-state index in [1.165, 1.54) is 5.56 Å². The van der Waals surface area contributed by atoms with Crippen LogP contribution in [0.3, 0.4) is 0 Å². The highest BCUT2D eigenvalue weighted by Crippen LogP contribution is 2.12. The van der Waals surface area contributed by atoms with Crippen molar-refractivity contribution in [2.24, 2.45) is 5.73 Å². The van der Waals surface area contributed by atoms with Crippen molar-refractivity contribution in [3.05, 3.63) is 29.8 Å². The van der Waals surface area contributed by atoms with Crippen LogP contribution in [0.15, 0.2) is 24.3 Å². The van der Waals surface area contributed by atoms with Crippen LogP contribution in [0.2, 0.25) is 0 Å². The van der Waals surface area contributed by atoms with Gasteiger partial charge in [-0.05, 0) is 19.1 Å². The van der Waals surface area contributed by atoms with E-state index in [9.17, 15) is 0 Å². The fourth-order valence-electron chi connectivity index (χ4n) is 0.907. The first kappa shape index (κ1) is 8.59. The minimum atomic E-state index is 0.0545. The Morgan fingerprint density at radius 3 is 2.25 bits per heavy atom. The van der Waals surface area contributed by atoms with Crippen LogP contribution in [0.1, 0.15) is 5.56 Å². The van der Waals surface area contributed by atoms with Gasteiger partial charge in [-0.15, -0.1) is 0 Å². The molecule has 0 spiro atoms.